The van der Waals surface area contributed by atoms with Crippen LogP contribution in [-0.2, 0) is 14.1 Å². The maximum atomic E-state index is 11.5. The van der Waals surface area contributed by atoms with Crippen molar-refractivity contribution in [2.45, 2.75) is 6.42 Å². The molecule has 0 atom stereocenters. The van der Waals surface area contributed by atoms with Crippen LogP contribution in [0.2, 0.25) is 0 Å². The Bertz CT molecular complexity index is 447. The zero-order chi connectivity index (χ0) is 11.4. The number of nitrogens with two attached hydrogens (primary N) is 1. The van der Waals surface area contributed by atoms with Crippen LogP contribution in [0.5, 0.6) is 5.88 Å². The Morgan fingerprint density at radius 1 is 1.33 bits per heavy atom. The van der Waals surface area contributed by atoms with Crippen molar-refractivity contribution in [3.05, 3.63) is 26.9 Å². The average molecular weight is 213 g/mol. The second kappa shape index (κ2) is 4.79. The SMILES string of the molecule is Cn1c(OCCCN)cc(=O)n(C)c1=O. The molecule has 6 nitrogen and oxygen atoms in total. The van der Waals surface area contributed by atoms with Gasteiger partial charge in [-0.2, -0.15) is 0 Å². The molecule has 0 aromatic carbocycles. The summed E-state index contributed by atoms with van der Waals surface area (Å²) in [6, 6.07) is 1.29. The van der Waals surface area contributed by atoms with Crippen LogP contribution in [0.1, 0.15) is 6.42 Å². The average Bonchev–Trinajstić information content (AvgIpc) is 2.23. The fraction of sp³-hybridized carbons (Fsp3) is 0.556. The lowest BCUT2D eigenvalue weighted by atomic mass is 10.5. The minimum atomic E-state index is -0.398. The maximum Gasteiger partial charge on any atom is 0.333 e. The van der Waals surface area contributed by atoms with Crippen LogP contribution in [0.3, 0.4) is 0 Å². The highest BCUT2D eigenvalue weighted by Gasteiger charge is 2.05. The van der Waals surface area contributed by atoms with Gasteiger partial charge in [0.2, 0.25) is 5.88 Å². The van der Waals surface area contributed by atoms with Gasteiger partial charge in [-0.1, -0.05) is 0 Å². The van der Waals surface area contributed by atoms with Gasteiger partial charge < -0.3 is 10.5 Å². The Labute approximate surface area is 86.9 Å². The molecule has 0 amide bonds. The van der Waals surface area contributed by atoms with Crippen LogP contribution in [0.25, 0.3) is 0 Å². The quantitative estimate of drug-likeness (QED) is 0.638. The molecule has 15 heavy (non-hydrogen) atoms. The van der Waals surface area contributed by atoms with Crippen molar-refractivity contribution in [2.24, 2.45) is 19.8 Å². The summed E-state index contributed by atoms with van der Waals surface area (Å²) in [6.07, 6.45) is 0.684. The van der Waals surface area contributed by atoms with Gasteiger partial charge in [0.15, 0.2) is 0 Å². The summed E-state index contributed by atoms with van der Waals surface area (Å²) in [6.45, 7) is 0.912. The number of rotatable bonds is 4. The second-order valence-electron chi connectivity index (χ2n) is 3.21. The lowest BCUT2D eigenvalue weighted by Crippen LogP contribution is -2.36. The van der Waals surface area contributed by atoms with Crippen molar-refractivity contribution in [1.82, 2.24) is 9.13 Å². The molecular formula is C9H15N3O3. The first-order chi connectivity index (χ1) is 7.07. The van der Waals surface area contributed by atoms with Crippen LogP contribution in [0.4, 0.5) is 0 Å². The molecule has 2 N–H and O–H groups in total. The van der Waals surface area contributed by atoms with E-state index in [0.29, 0.717) is 19.6 Å². The molecule has 0 radical (unpaired) electrons. The number of ether oxygens (including phenoxy) is 1. The third-order valence-electron chi connectivity index (χ3n) is 2.08. The van der Waals surface area contributed by atoms with Gasteiger partial charge in [-0.15, -0.1) is 0 Å². The lowest BCUT2D eigenvalue weighted by Gasteiger charge is -2.10. The van der Waals surface area contributed by atoms with Crippen molar-refractivity contribution in [3.8, 4) is 5.88 Å². The van der Waals surface area contributed by atoms with Gasteiger partial charge in [0.25, 0.3) is 5.56 Å². The van der Waals surface area contributed by atoms with E-state index in [1.165, 1.54) is 17.7 Å². The molecule has 0 saturated heterocycles. The highest BCUT2D eigenvalue weighted by atomic mass is 16.5. The van der Waals surface area contributed by atoms with Gasteiger partial charge in [0.1, 0.15) is 0 Å². The van der Waals surface area contributed by atoms with Gasteiger partial charge >= 0.3 is 5.69 Å². The number of hydrogen-bond acceptors (Lipinski definition) is 4. The van der Waals surface area contributed by atoms with Crippen LogP contribution < -0.4 is 21.7 Å². The van der Waals surface area contributed by atoms with Gasteiger partial charge in [-0.05, 0) is 13.0 Å². The van der Waals surface area contributed by atoms with Crippen LogP contribution in [0.15, 0.2) is 15.7 Å². The van der Waals surface area contributed by atoms with E-state index >= 15 is 0 Å². The first-order valence-corrected chi connectivity index (χ1v) is 4.68. The monoisotopic (exact) mass is 213 g/mol. The Balaban J connectivity index is 3.00. The first kappa shape index (κ1) is 11.5. The van der Waals surface area contributed by atoms with Crippen molar-refractivity contribution in [1.29, 1.82) is 0 Å². The number of hydrogen-bond donors (Lipinski definition) is 1. The van der Waals surface area contributed by atoms with E-state index in [2.05, 4.69) is 0 Å². The maximum absolute atomic E-state index is 11.5. The molecule has 84 valence electrons. The summed E-state index contributed by atoms with van der Waals surface area (Å²) in [5.41, 5.74) is 4.53. The minimum absolute atomic E-state index is 0.275. The molecule has 0 aliphatic rings. The fourth-order valence-corrected chi connectivity index (χ4v) is 1.11. The van der Waals surface area contributed by atoms with Crippen LogP contribution in [-0.4, -0.2) is 22.3 Å². The topological polar surface area (TPSA) is 79.2 Å². The summed E-state index contributed by atoms with van der Waals surface area (Å²) >= 11 is 0. The summed E-state index contributed by atoms with van der Waals surface area (Å²) in [5.74, 6) is 0.275. The van der Waals surface area contributed by atoms with E-state index in [1.807, 2.05) is 0 Å². The highest BCUT2D eigenvalue weighted by molar-refractivity contribution is 5.08. The zero-order valence-corrected chi connectivity index (χ0v) is 8.90. The summed E-state index contributed by atoms with van der Waals surface area (Å²) in [4.78, 5) is 22.8. The van der Waals surface area contributed by atoms with Gasteiger partial charge in [0, 0.05) is 14.1 Å². The zero-order valence-electron chi connectivity index (χ0n) is 8.90. The Morgan fingerprint density at radius 2 is 2.00 bits per heavy atom. The predicted octanol–water partition coefficient (Wildman–Crippen LogP) is -1.19. The van der Waals surface area contributed by atoms with Crippen molar-refractivity contribution >= 4 is 0 Å². The van der Waals surface area contributed by atoms with Crippen molar-refractivity contribution in [2.75, 3.05) is 13.2 Å². The molecule has 0 spiro atoms. The number of aromatic nitrogens is 2. The number of nitrogens with zero attached hydrogens (tertiary/aromatic N) is 2. The van der Waals surface area contributed by atoms with E-state index < -0.39 is 5.69 Å². The van der Waals surface area contributed by atoms with Crippen LogP contribution in [0, 0.1) is 0 Å². The lowest BCUT2D eigenvalue weighted by molar-refractivity contribution is 0.284. The first-order valence-electron chi connectivity index (χ1n) is 4.68. The van der Waals surface area contributed by atoms with E-state index in [-0.39, 0.29) is 11.4 Å². The molecule has 0 unspecified atom stereocenters. The fourth-order valence-electron chi connectivity index (χ4n) is 1.11. The second-order valence-corrected chi connectivity index (χ2v) is 3.21. The summed E-state index contributed by atoms with van der Waals surface area (Å²) in [7, 11) is 2.98. The molecule has 0 aliphatic carbocycles. The molecule has 0 fully saturated rings. The molecule has 1 heterocycles. The molecule has 0 saturated carbocycles. The van der Waals surface area contributed by atoms with E-state index in [9.17, 15) is 9.59 Å². The third kappa shape index (κ3) is 2.47. The smallest absolute Gasteiger partial charge is 0.333 e. The summed E-state index contributed by atoms with van der Waals surface area (Å²) < 4.78 is 7.58. The molecule has 6 heteroatoms. The molecule has 1 aromatic rings. The molecule has 1 rings (SSSR count). The molecule has 0 aliphatic heterocycles. The molecule has 1 aromatic heterocycles. The normalized spacial score (nSPS) is 10.3. The van der Waals surface area contributed by atoms with Crippen molar-refractivity contribution in [3.63, 3.8) is 0 Å². The summed E-state index contributed by atoms with van der Waals surface area (Å²) in [5, 5.41) is 0. The molecule has 0 bridgehead atoms. The molecular weight excluding hydrogens is 198 g/mol. The predicted molar refractivity (Wildman–Crippen MR) is 56.1 cm³/mol. The Kier molecular flexibility index (Phi) is 3.68. The third-order valence-corrected chi connectivity index (χ3v) is 2.08. The van der Waals surface area contributed by atoms with E-state index in [4.69, 9.17) is 10.5 Å². The standard InChI is InChI=1S/C9H15N3O3/c1-11-7(13)6-8(12(2)9(11)14)15-5-3-4-10/h6H,3-5,10H2,1-2H3. The van der Waals surface area contributed by atoms with Gasteiger partial charge in [-0.25, -0.2) is 4.79 Å². The minimum Gasteiger partial charge on any atom is -0.479 e. The Hall–Kier alpha value is -1.56. The van der Waals surface area contributed by atoms with Gasteiger partial charge in [0.05, 0.1) is 12.7 Å². The van der Waals surface area contributed by atoms with Gasteiger partial charge in [-0.3, -0.25) is 13.9 Å². The van der Waals surface area contributed by atoms with Crippen molar-refractivity contribution < 1.29 is 4.74 Å². The Morgan fingerprint density at radius 3 is 2.60 bits per heavy atom. The van der Waals surface area contributed by atoms with Crippen LogP contribution >= 0.6 is 0 Å². The largest absolute Gasteiger partial charge is 0.479 e. The van der Waals surface area contributed by atoms with E-state index in [0.717, 1.165) is 4.57 Å². The highest BCUT2D eigenvalue weighted by Crippen LogP contribution is 2.01. The van der Waals surface area contributed by atoms with E-state index in [1.54, 1.807) is 7.05 Å².